The maximum absolute atomic E-state index is 6.15. The Hall–Kier alpha value is -1.39. The molecule has 0 spiro atoms. The van der Waals surface area contributed by atoms with Crippen molar-refractivity contribution in [3.63, 3.8) is 0 Å². The van der Waals surface area contributed by atoms with Gasteiger partial charge in [0, 0.05) is 11.9 Å². The summed E-state index contributed by atoms with van der Waals surface area (Å²) in [5, 5.41) is 1.60. The van der Waals surface area contributed by atoms with Crippen LogP contribution in [0.3, 0.4) is 0 Å². The van der Waals surface area contributed by atoms with Crippen molar-refractivity contribution >= 4 is 23.4 Å². The van der Waals surface area contributed by atoms with E-state index in [2.05, 4.69) is 11.1 Å². The van der Waals surface area contributed by atoms with Gasteiger partial charge in [-0.05, 0) is 36.2 Å². The normalized spacial score (nSPS) is 12.7. The van der Waals surface area contributed by atoms with Crippen LogP contribution in [0.5, 0.6) is 11.5 Å². The Labute approximate surface area is 120 Å². The SMILES string of the molecule is Cc1ccc(SCc2cc(Cl)c3c(c2)OCO3)nc1. The fourth-order valence-electron chi connectivity index (χ4n) is 1.80. The van der Waals surface area contributed by atoms with Crippen molar-refractivity contribution in [2.24, 2.45) is 0 Å². The van der Waals surface area contributed by atoms with Gasteiger partial charge in [0.05, 0.1) is 10.0 Å². The maximum Gasteiger partial charge on any atom is 0.231 e. The molecular weight excluding hydrogens is 282 g/mol. The molecule has 1 aromatic heterocycles. The molecule has 0 saturated carbocycles. The highest BCUT2D eigenvalue weighted by atomic mass is 35.5. The Kier molecular flexibility index (Phi) is 3.53. The highest BCUT2D eigenvalue weighted by Gasteiger charge is 2.18. The van der Waals surface area contributed by atoms with Gasteiger partial charge in [-0.15, -0.1) is 11.8 Å². The van der Waals surface area contributed by atoms with Crippen molar-refractivity contribution in [3.05, 3.63) is 46.6 Å². The predicted molar refractivity (Wildman–Crippen MR) is 76.1 cm³/mol. The van der Waals surface area contributed by atoms with Crippen molar-refractivity contribution in [1.82, 2.24) is 4.98 Å². The summed E-state index contributed by atoms with van der Waals surface area (Å²) in [7, 11) is 0. The second-order valence-corrected chi connectivity index (χ2v) is 5.68. The first-order valence-electron chi connectivity index (χ1n) is 5.86. The van der Waals surface area contributed by atoms with E-state index in [1.54, 1.807) is 11.8 Å². The van der Waals surface area contributed by atoms with E-state index < -0.39 is 0 Å². The van der Waals surface area contributed by atoms with Gasteiger partial charge < -0.3 is 9.47 Å². The Morgan fingerprint density at radius 2 is 2.21 bits per heavy atom. The van der Waals surface area contributed by atoms with E-state index in [-0.39, 0.29) is 6.79 Å². The summed E-state index contributed by atoms with van der Waals surface area (Å²) < 4.78 is 10.6. The molecule has 98 valence electrons. The lowest BCUT2D eigenvalue weighted by Crippen LogP contribution is -1.93. The number of ether oxygens (including phenoxy) is 2. The van der Waals surface area contributed by atoms with Crippen LogP contribution in [0.1, 0.15) is 11.1 Å². The van der Waals surface area contributed by atoms with Crippen molar-refractivity contribution in [1.29, 1.82) is 0 Å². The van der Waals surface area contributed by atoms with E-state index in [0.29, 0.717) is 10.8 Å². The average Bonchev–Trinajstić information content (AvgIpc) is 2.87. The molecule has 0 unspecified atom stereocenters. The van der Waals surface area contributed by atoms with Crippen molar-refractivity contribution in [2.75, 3.05) is 6.79 Å². The zero-order valence-electron chi connectivity index (χ0n) is 10.4. The Balaban J connectivity index is 1.73. The lowest BCUT2D eigenvalue weighted by Gasteiger charge is -2.05. The van der Waals surface area contributed by atoms with E-state index in [1.807, 2.05) is 31.3 Å². The third-order valence-corrected chi connectivity index (χ3v) is 4.05. The molecule has 1 aliphatic heterocycles. The summed E-state index contributed by atoms with van der Waals surface area (Å²) in [6, 6.07) is 7.96. The zero-order valence-corrected chi connectivity index (χ0v) is 11.9. The third kappa shape index (κ3) is 2.80. The number of benzene rings is 1. The second-order valence-electron chi connectivity index (χ2n) is 4.27. The molecule has 0 N–H and O–H groups in total. The Morgan fingerprint density at radius 3 is 3.00 bits per heavy atom. The largest absolute Gasteiger partial charge is 0.454 e. The molecule has 1 aliphatic rings. The predicted octanol–water partition coefficient (Wildman–Crippen LogP) is 4.06. The number of aromatic nitrogens is 1. The van der Waals surface area contributed by atoms with Crippen molar-refractivity contribution in [3.8, 4) is 11.5 Å². The van der Waals surface area contributed by atoms with Crippen LogP contribution in [-0.2, 0) is 5.75 Å². The number of pyridine rings is 1. The number of aryl methyl sites for hydroxylation is 1. The first kappa shape index (κ1) is 12.6. The van der Waals surface area contributed by atoms with Crippen LogP contribution in [0.25, 0.3) is 0 Å². The zero-order chi connectivity index (χ0) is 13.2. The fraction of sp³-hybridized carbons (Fsp3) is 0.214. The van der Waals surface area contributed by atoms with Gasteiger partial charge in [-0.3, -0.25) is 0 Å². The quantitative estimate of drug-likeness (QED) is 0.799. The Morgan fingerprint density at radius 1 is 1.32 bits per heavy atom. The van der Waals surface area contributed by atoms with Crippen molar-refractivity contribution < 1.29 is 9.47 Å². The number of rotatable bonds is 3. The molecule has 0 bridgehead atoms. The minimum absolute atomic E-state index is 0.241. The minimum atomic E-state index is 0.241. The van der Waals surface area contributed by atoms with Gasteiger partial charge in [-0.2, -0.15) is 0 Å². The van der Waals surface area contributed by atoms with Gasteiger partial charge in [0.1, 0.15) is 0 Å². The van der Waals surface area contributed by atoms with Crippen LogP contribution in [0.4, 0.5) is 0 Å². The molecule has 0 fully saturated rings. The average molecular weight is 294 g/mol. The minimum Gasteiger partial charge on any atom is -0.454 e. The van der Waals surface area contributed by atoms with Crippen LogP contribution in [0, 0.1) is 6.92 Å². The molecule has 2 heterocycles. The lowest BCUT2D eigenvalue weighted by atomic mass is 10.2. The van der Waals surface area contributed by atoms with Gasteiger partial charge in [-0.1, -0.05) is 17.7 Å². The van der Waals surface area contributed by atoms with Gasteiger partial charge in [0.25, 0.3) is 0 Å². The van der Waals surface area contributed by atoms with Crippen LogP contribution in [0.15, 0.2) is 35.5 Å². The highest BCUT2D eigenvalue weighted by Crippen LogP contribution is 2.40. The van der Waals surface area contributed by atoms with E-state index in [0.717, 1.165) is 27.7 Å². The van der Waals surface area contributed by atoms with E-state index in [9.17, 15) is 0 Å². The van der Waals surface area contributed by atoms with Gasteiger partial charge in [-0.25, -0.2) is 4.98 Å². The molecule has 0 radical (unpaired) electrons. The Bertz CT molecular complexity index is 601. The number of hydrogen-bond donors (Lipinski definition) is 0. The monoisotopic (exact) mass is 293 g/mol. The summed E-state index contributed by atoms with van der Waals surface area (Å²) in [5.41, 5.74) is 2.26. The van der Waals surface area contributed by atoms with E-state index in [4.69, 9.17) is 21.1 Å². The fourth-order valence-corrected chi connectivity index (χ4v) is 2.86. The van der Waals surface area contributed by atoms with E-state index >= 15 is 0 Å². The van der Waals surface area contributed by atoms with Crippen molar-refractivity contribution in [2.45, 2.75) is 17.7 Å². The summed E-state index contributed by atoms with van der Waals surface area (Å²) in [6.45, 7) is 2.27. The summed E-state index contributed by atoms with van der Waals surface area (Å²) in [4.78, 5) is 4.36. The molecule has 1 aromatic carbocycles. The van der Waals surface area contributed by atoms with Gasteiger partial charge >= 0.3 is 0 Å². The van der Waals surface area contributed by atoms with E-state index in [1.165, 1.54) is 0 Å². The topological polar surface area (TPSA) is 31.4 Å². The lowest BCUT2D eigenvalue weighted by molar-refractivity contribution is 0.174. The number of nitrogens with zero attached hydrogens (tertiary/aromatic N) is 1. The number of thioether (sulfide) groups is 1. The molecule has 0 aliphatic carbocycles. The molecule has 2 aromatic rings. The molecule has 3 rings (SSSR count). The van der Waals surface area contributed by atoms with Crippen LogP contribution in [-0.4, -0.2) is 11.8 Å². The standard InChI is InChI=1S/C14H12ClNO2S/c1-9-2-3-13(16-6-9)19-7-10-4-11(15)14-12(5-10)17-8-18-14/h2-6H,7-8H2,1H3. The first-order valence-corrected chi connectivity index (χ1v) is 7.22. The first-order chi connectivity index (χ1) is 9.22. The summed E-state index contributed by atoms with van der Waals surface area (Å²) in [5.74, 6) is 2.16. The van der Waals surface area contributed by atoms with Gasteiger partial charge in [0.2, 0.25) is 6.79 Å². The molecule has 19 heavy (non-hydrogen) atoms. The highest BCUT2D eigenvalue weighted by molar-refractivity contribution is 7.98. The summed E-state index contributed by atoms with van der Waals surface area (Å²) in [6.07, 6.45) is 1.87. The van der Waals surface area contributed by atoms with Gasteiger partial charge in [0.15, 0.2) is 11.5 Å². The maximum atomic E-state index is 6.15. The molecule has 5 heteroatoms. The number of halogens is 1. The molecule has 3 nitrogen and oxygen atoms in total. The number of fused-ring (bicyclic) bond motifs is 1. The third-order valence-electron chi connectivity index (χ3n) is 2.76. The van der Waals surface area contributed by atoms with Crippen LogP contribution in [0.2, 0.25) is 5.02 Å². The molecular formula is C14H12ClNO2S. The van der Waals surface area contributed by atoms with Crippen LogP contribution >= 0.6 is 23.4 Å². The smallest absolute Gasteiger partial charge is 0.231 e. The molecule has 0 amide bonds. The second kappa shape index (κ2) is 5.31. The summed E-state index contributed by atoms with van der Waals surface area (Å²) >= 11 is 7.82. The van der Waals surface area contributed by atoms with Crippen LogP contribution < -0.4 is 9.47 Å². The molecule has 0 atom stereocenters. The number of hydrogen-bond acceptors (Lipinski definition) is 4. The molecule has 0 saturated heterocycles.